The highest BCUT2D eigenvalue weighted by Gasteiger charge is 2.14. The number of carbonyl (C=O) groups excluding carboxylic acids is 1. The lowest BCUT2D eigenvalue weighted by molar-refractivity contribution is -0.127. The quantitative estimate of drug-likeness (QED) is 0.515. The molecule has 0 aromatic rings. The summed E-state index contributed by atoms with van der Waals surface area (Å²) in [6, 6.07) is 0. The number of carbonyl (C=O) groups is 1. The minimum Gasteiger partial charge on any atom is -0.372 e. The van der Waals surface area contributed by atoms with Gasteiger partial charge in [0.15, 0.2) is 6.67 Å². The number of rotatable bonds is 2. The highest BCUT2D eigenvalue weighted by Crippen LogP contribution is 1.92. The molecule has 0 saturated heterocycles. The van der Waals surface area contributed by atoms with Crippen molar-refractivity contribution in [2.24, 2.45) is 0 Å². The normalized spacial score (nSPS) is 11.1. The van der Waals surface area contributed by atoms with Gasteiger partial charge in [-0.1, -0.05) is 0 Å². The summed E-state index contributed by atoms with van der Waals surface area (Å²) in [4.78, 5) is 10.2. The van der Waals surface area contributed by atoms with E-state index < -0.39 is 18.3 Å². The van der Waals surface area contributed by atoms with Crippen molar-refractivity contribution in [2.75, 3.05) is 6.67 Å². The fourth-order valence-corrected chi connectivity index (χ4v) is 0.375. The maximum absolute atomic E-state index is 11.4. The number of halogens is 1. The molecule has 0 saturated carbocycles. The van der Waals surface area contributed by atoms with Gasteiger partial charge in [0, 0.05) is 0 Å². The number of hydrogen-bond donors (Lipinski definition) is 2. The van der Waals surface area contributed by atoms with Gasteiger partial charge in [0.1, 0.15) is 5.72 Å². The number of nitrogens with one attached hydrogen (secondary N) is 1. The van der Waals surface area contributed by atoms with Gasteiger partial charge in [-0.2, -0.15) is 0 Å². The van der Waals surface area contributed by atoms with Crippen LogP contribution in [0.4, 0.5) is 4.39 Å². The number of alkyl halides is 1. The Morgan fingerprint density at radius 1 is 1.78 bits per heavy atom. The Morgan fingerprint density at radius 2 is 2.22 bits per heavy atom. The fraction of sp³-hybridized carbons (Fsp3) is 0.800. The molecule has 0 radical (unpaired) electrons. The Balaban J connectivity index is 3.60. The van der Waals surface area contributed by atoms with Crippen LogP contribution in [-0.2, 0) is 4.79 Å². The number of amides is 1. The lowest BCUT2D eigenvalue weighted by Crippen LogP contribution is -2.43. The van der Waals surface area contributed by atoms with Gasteiger partial charge >= 0.3 is 0 Å². The number of aliphatic hydroxyl groups is 1. The van der Waals surface area contributed by atoms with Crippen molar-refractivity contribution < 1.29 is 14.3 Å². The molecule has 0 aromatic heterocycles. The fourth-order valence-electron chi connectivity index (χ4n) is 0.375. The molecule has 9 heavy (non-hydrogen) atoms. The van der Waals surface area contributed by atoms with Gasteiger partial charge in [0.25, 0.3) is 5.91 Å². The third kappa shape index (κ3) is 5.23. The Morgan fingerprint density at radius 3 is 2.33 bits per heavy atom. The van der Waals surface area contributed by atoms with Gasteiger partial charge in [-0.25, -0.2) is 4.39 Å². The first-order chi connectivity index (χ1) is 3.95. The van der Waals surface area contributed by atoms with Gasteiger partial charge in [0.05, 0.1) is 0 Å². The molecule has 0 spiro atoms. The molecule has 0 aliphatic carbocycles. The van der Waals surface area contributed by atoms with Crippen molar-refractivity contribution in [3.63, 3.8) is 0 Å². The van der Waals surface area contributed by atoms with Crippen molar-refractivity contribution in [2.45, 2.75) is 19.6 Å². The summed E-state index contributed by atoms with van der Waals surface area (Å²) in [5, 5.41) is 10.8. The second-order valence-electron chi connectivity index (χ2n) is 2.24. The summed E-state index contributed by atoms with van der Waals surface area (Å²) in [6.07, 6.45) is 0. The van der Waals surface area contributed by atoms with Crippen LogP contribution in [0, 0.1) is 0 Å². The van der Waals surface area contributed by atoms with Crippen LogP contribution in [0.5, 0.6) is 0 Å². The monoisotopic (exact) mass is 135 g/mol. The molecule has 0 atom stereocenters. The predicted molar refractivity (Wildman–Crippen MR) is 30.4 cm³/mol. The molecule has 0 aliphatic rings. The van der Waals surface area contributed by atoms with Gasteiger partial charge in [0.2, 0.25) is 0 Å². The lowest BCUT2D eigenvalue weighted by Gasteiger charge is -2.17. The average Bonchev–Trinajstić information content (AvgIpc) is 1.62. The minimum absolute atomic E-state index is 0.803. The van der Waals surface area contributed by atoms with Gasteiger partial charge in [-0.05, 0) is 13.8 Å². The van der Waals surface area contributed by atoms with Crippen LogP contribution in [0.1, 0.15) is 13.8 Å². The molecule has 0 aromatic carbocycles. The average molecular weight is 135 g/mol. The molecular formula is C5H10FNO2. The first kappa shape index (κ1) is 8.36. The smallest absolute Gasteiger partial charge is 0.253 e. The van der Waals surface area contributed by atoms with E-state index in [1.54, 1.807) is 0 Å². The van der Waals surface area contributed by atoms with Crippen LogP contribution in [0.15, 0.2) is 0 Å². The third-order valence-electron chi connectivity index (χ3n) is 0.567. The molecule has 2 N–H and O–H groups in total. The molecule has 1 amide bonds. The largest absolute Gasteiger partial charge is 0.372 e. The van der Waals surface area contributed by atoms with Crippen LogP contribution in [0.25, 0.3) is 0 Å². The second-order valence-corrected chi connectivity index (χ2v) is 2.24. The zero-order valence-electron chi connectivity index (χ0n) is 5.44. The topological polar surface area (TPSA) is 49.3 Å². The molecule has 0 rings (SSSR count). The van der Waals surface area contributed by atoms with E-state index in [4.69, 9.17) is 5.11 Å². The van der Waals surface area contributed by atoms with E-state index in [0.29, 0.717) is 0 Å². The summed E-state index contributed by atoms with van der Waals surface area (Å²) in [5.74, 6) is -0.803. The highest BCUT2D eigenvalue weighted by atomic mass is 19.1. The van der Waals surface area contributed by atoms with E-state index in [1.165, 1.54) is 13.8 Å². The van der Waals surface area contributed by atoms with Crippen LogP contribution >= 0.6 is 0 Å². The maximum atomic E-state index is 11.4. The lowest BCUT2D eigenvalue weighted by atomic mass is 10.3. The molecule has 3 nitrogen and oxygen atoms in total. The summed E-state index contributed by atoms with van der Waals surface area (Å²) < 4.78 is 11.4. The van der Waals surface area contributed by atoms with Crippen molar-refractivity contribution >= 4 is 5.91 Å². The zero-order valence-corrected chi connectivity index (χ0v) is 5.44. The Hall–Kier alpha value is -0.640. The zero-order chi connectivity index (χ0) is 7.49. The van der Waals surface area contributed by atoms with Gasteiger partial charge < -0.3 is 10.4 Å². The first-order valence-corrected chi connectivity index (χ1v) is 2.55. The van der Waals surface area contributed by atoms with E-state index in [-0.39, 0.29) is 0 Å². The Labute approximate surface area is 52.9 Å². The minimum atomic E-state index is -1.32. The van der Waals surface area contributed by atoms with Gasteiger partial charge in [-0.3, -0.25) is 4.79 Å². The SMILES string of the molecule is CC(C)(O)NC(=O)CF. The molecule has 0 bridgehead atoms. The van der Waals surface area contributed by atoms with Crippen molar-refractivity contribution in [3.8, 4) is 0 Å². The van der Waals surface area contributed by atoms with E-state index in [2.05, 4.69) is 0 Å². The van der Waals surface area contributed by atoms with Crippen LogP contribution < -0.4 is 5.32 Å². The number of hydrogen-bond acceptors (Lipinski definition) is 2. The van der Waals surface area contributed by atoms with Crippen LogP contribution in [0.3, 0.4) is 0 Å². The molecule has 0 unspecified atom stereocenters. The van der Waals surface area contributed by atoms with E-state index in [9.17, 15) is 9.18 Å². The maximum Gasteiger partial charge on any atom is 0.253 e. The summed E-state index contributed by atoms with van der Waals surface area (Å²) in [7, 11) is 0. The Kier molecular flexibility index (Phi) is 2.58. The van der Waals surface area contributed by atoms with Crippen LogP contribution in [-0.4, -0.2) is 23.4 Å². The van der Waals surface area contributed by atoms with Crippen LogP contribution in [0.2, 0.25) is 0 Å². The summed E-state index contributed by atoms with van der Waals surface area (Å²) >= 11 is 0. The van der Waals surface area contributed by atoms with E-state index >= 15 is 0 Å². The molecular weight excluding hydrogens is 125 g/mol. The second kappa shape index (κ2) is 2.77. The first-order valence-electron chi connectivity index (χ1n) is 2.55. The molecule has 54 valence electrons. The molecule has 0 aliphatic heterocycles. The molecule has 0 fully saturated rings. The van der Waals surface area contributed by atoms with E-state index in [0.717, 1.165) is 0 Å². The molecule has 4 heteroatoms. The van der Waals surface area contributed by atoms with E-state index in [1.807, 2.05) is 5.32 Å². The highest BCUT2D eigenvalue weighted by molar-refractivity contribution is 5.77. The molecule has 0 heterocycles. The standard InChI is InChI=1S/C5H10FNO2/c1-5(2,9)7-4(8)3-6/h9H,3H2,1-2H3,(H,7,8). The summed E-state index contributed by atoms with van der Waals surface area (Å²) in [6.45, 7) is 1.63. The Bertz CT molecular complexity index is 108. The summed E-state index contributed by atoms with van der Waals surface area (Å²) in [5.41, 5.74) is -1.32. The third-order valence-corrected chi connectivity index (χ3v) is 0.567. The van der Waals surface area contributed by atoms with Crippen molar-refractivity contribution in [1.82, 2.24) is 5.32 Å². The van der Waals surface area contributed by atoms with Crippen molar-refractivity contribution in [1.29, 1.82) is 0 Å². The predicted octanol–water partition coefficient (Wildman–Crippen LogP) is -0.199. The van der Waals surface area contributed by atoms with Gasteiger partial charge in [-0.15, -0.1) is 0 Å². The van der Waals surface area contributed by atoms with Crippen molar-refractivity contribution in [3.05, 3.63) is 0 Å².